The lowest BCUT2D eigenvalue weighted by molar-refractivity contribution is -0.115. The lowest BCUT2D eigenvalue weighted by atomic mass is 10.3. The molecule has 3 aromatic rings. The molecule has 0 radical (unpaired) electrons. The Morgan fingerprint density at radius 2 is 1.79 bits per heavy atom. The van der Waals surface area contributed by atoms with Gasteiger partial charge in [-0.05, 0) is 65.9 Å². The van der Waals surface area contributed by atoms with E-state index in [4.69, 9.17) is 9.47 Å². The van der Waals surface area contributed by atoms with Gasteiger partial charge in [0, 0.05) is 18.8 Å². The zero-order valence-corrected chi connectivity index (χ0v) is 20.3. The van der Waals surface area contributed by atoms with Crippen molar-refractivity contribution < 1.29 is 22.7 Å². The second-order valence-electron chi connectivity index (χ2n) is 7.36. The van der Waals surface area contributed by atoms with Crippen LogP contribution in [0.5, 0.6) is 5.75 Å². The first-order chi connectivity index (χ1) is 16.4. The zero-order chi connectivity index (χ0) is 24.1. The van der Waals surface area contributed by atoms with E-state index in [2.05, 4.69) is 20.8 Å². The molecule has 0 saturated carbocycles. The Morgan fingerprint density at radius 3 is 2.44 bits per heavy atom. The summed E-state index contributed by atoms with van der Waals surface area (Å²) in [6, 6.07) is 13.3. The number of hydrogen-bond donors (Lipinski definition) is 1. The summed E-state index contributed by atoms with van der Waals surface area (Å²) in [7, 11) is -2.00. The van der Waals surface area contributed by atoms with Crippen molar-refractivity contribution in [2.75, 3.05) is 38.7 Å². The molecule has 11 nitrogen and oxygen atoms in total. The Labute approximate surface area is 201 Å². The van der Waals surface area contributed by atoms with Crippen molar-refractivity contribution in [3.8, 4) is 11.4 Å². The number of nitrogens with one attached hydrogen (secondary N) is 1. The van der Waals surface area contributed by atoms with Crippen LogP contribution in [-0.4, -0.2) is 77.5 Å². The summed E-state index contributed by atoms with van der Waals surface area (Å²) in [5.41, 5.74) is 1.23. The average Bonchev–Trinajstić information content (AvgIpc) is 3.33. The van der Waals surface area contributed by atoms with E-state index in [9.17, 15) is 13.2 Å². The van der Waals surface area contributed by atoms with Crippen molar-refractivity contribution in [2.24, 2.45) is 0 Å². The molecule has 1 aromatic heterocycles. The number of methoxy groups -OCH3 is 1. The van der Waals surface area contributed by atoms with Gasteiger partial charge in [0.25, 0.3) is 0 Å². The molecule has 0 bridgehead atoms. The molecule has 0 aliphatic carbocycles. The SMILES string of the molecule is COc1ccc(-n2nnnc2S[C@H](C)C(=O)Nc2ccc(S(=O)(=O)N3CCOCC3)cc2)cc1. The van der Waals surface area contributed by atoms with Gasteiger partial charge in [0.2, 0.25) is 21.1 Å². The summed E-state index contributed by atoms with van der Waals surface area (Å²) >= 11 is 1.20. The number of aromatic nitrogens is 4. The number of sulfonamides is 1. The van der Waals surface area contributed by atoms with Crippen molar-refractivity contribution in [3.63, 3.8) is 0 Å². The molecule has 1 atom stereocenters. The van der Waals surface area contributed by atoms with Gasteiger partial charge in [-0.25, -0.2) is 8.42 Å². The Balaban J connectivity index is 1.39. The third-order valence-electron chi connectivity index (χ3n) is 5.14. The van der Waals surface area contributed by atoms with E-state index in [0.29, 0.717) is 42.9 Å². The molecule has 13 heteroatoms. The fourth-order valence-corrected chi connectivity index (χ4v) is 5.46. The molecular formula is C21H24N6O5S2. The van der Waals surface area contributed by atoms with Crippen molar-refractivity contribution in [1.29, 1.82) is 0 Å². The Hall–Kier alpha value is -3.00. The minimum absolute atomic E-state index is 0.175. The van der Waals surface area contributed by atoms with Crippen molar-refractivity contribution in [3.05, 3.63) is 48.5 Å². The molecule has 1 aliphatic rings. The first-order valence-corrected chi connectivity index (χ1v) is 12.8. The summed E-state index contributed by atoms with van der Waals surface area (Å²) in [6.45, 7) is 3.15. The first-order valence-electron chi connectivity index (χ1n) is 10.5. The molecule has 0 unspecified atom stereocenters. The first kappa shape index (κ1) is 24.1. The van der Waals surface area contributed by atoms with Gasteiger partial charge in [-0.1, -0.05) is 11.8 Å². The lowest BCUT2D eigenvalue weighted by Crippen LogP contribution is -2.40. The van der Waals surface area contributed by atoms with Crippen LogP contribution < -0.4 is 10.1 Å². The maximum Gasteiger partial charge on any atom is 0.243 e. The van der Waals surface area contributed by atoms with E-state index in [1.165, 1.54) is 28.2 Å². The van der Waals surface area contributed by atoms with Crippen molar-refractivity contribution >= 4 is 33.4 Å². The standard InChI is InChI=1S/C21H24N6O5S2/c1-15(33-21-23-24-25-27(21)17-5-7-18(31-2)8-6-17)20(28)22-16-3-9-19(10-4-16)34(29,30)26-11-13-32-14-12-26/h3-10,15H,11-14H2,1-2H3,(H,22,28)/t15-/m1/s1. The lowest BCUT2D eigenvalue weighted by Gasteiger charge is -2.26. The van der Waals surface area contributed by atoms with Gasteiger partial charge in [-0.15, -0.1) is 5.10 Å². The minimum Gasteiger partial charge on any atom is -0.497 e. The van der Waals surface area contributed by atoms with E-state index in [0.717, 1.165) is 5.69 Å². The molecule has 2 heterocycles. The number of benzene rings is 2. The molecule has 2 aromatic carbocycles. The van der Waals surface area contributed by atoms with E-state index >= 15 is 0 Å². The predicted octanol–water partition coefficient (Wildman–Crippen LogP) is 1.81. The zero-order valence-electron chi connectivity index (χ0n) is 18.6. The number of ether oxygens (including phenoxy) is 2. The van der Waals surface area contributed by atoms with Crippen LogP contribution >= 0.6 is 11.8 Å². The second kappa shape index (κ2) is 10.5. The fourth-order valence-electron chi connectivity index (χ4n) is 3.24. The predicted molar refractivity (Wildman–Crippen MR) is 126 cm³/mol. The van der Waals surface area contributed by atoms with Crippen LogP contribution in [0.4, 0.5) is 5.69 Å². The Morgan fingerprint density at radius 1 is 1.12 bits per heavy atom. The molecule has 4 rings (SSSR count). The fraction of sp³-hybridized carbons (Fsp3) is 0.333. The second-order valence-corrected chi connectivity index (χ2v) is 10.6. The monoisotopic (exact) mass is 504 g/mol. The highest BCUT2D eigenvalue weighted by atomic mass is 32.2. The highest BCUT2D eigenvalue weighted by Gasteiger charge is 2.26. The van der Waals surface area contributed by atoms with E-state index in [1.807, 2.05) is 12.1 Å². The Kier molecular flexibility index (Phi) is 7.46. The maximum atomic E-state index is 12.7. The van der Waals surface area contributed by atoms with Crippen LogP contribution in [0.15, 0.2) is 58.6 Å². The van der Waals surface area contributed by atoms with Gasteiger partial charge >= 0.3 is 0 Å². The number of morpholine rings is 1. The number of anilines is 1. The molecular weight excluding hydrogens is 480 g/mol. The summed E-state index contributed by atoms with van der Waals surface area (Å²) < 4.78 is 38.8. The summed E-state index contributed by atoms with van der Waals surface area (Å²) in [6.07, 6.45) is 0. The summed E-state index contributed by atoms with van der Waals surface area (Å²) in [5.74, 6) is 0.445. The highest BCUT2D eigenvalue weighted by Crippen LogP contribution is 2.25. The van der Waals surface area contributed by atoms with Crippen LogP contribution in [0.3, 0.4) is 0 Å². The van der Waals surface area contributed by atoms with Crippen LogP contribution in [-0.2, 0) is 19.6 Å². The molecule has 1 fully saturated rings. The number of nitrogens with zero attached hydrogens (tertiary/aromatic N) is 5. The molecule has 1 aliphatic heterocycles. The quantitative estimate of drug-likeness (QED) is 0.457. The van der Waals surface area contributed by atoms with Gasteiger partial charge < -0.3 is 14.8 Å². The topological polar surface area (TPSA) is 129 Å². The number of rotatable bonds is 8. The van der Waals surface area contributed by atoms with Crippen LogP contribution in [0.1, 0.15) is 6.92 Å². The smallest absolute Gasteiger partial charge is 0.243 e. The molecule has 0 spiro atoms. The number of amides is 1. The van der Waals surface area contributed by atoms with E-state index in [1.54, 1.807) is 43.0 Å². The van der Waals surface area contributed by atoms with Gasteiger partial charge in [0.15, 0.2) is 0 Å². The third-order valence-corrected chi connectivity index (χ3v) is 8.08. The average molecular weight is 505 g/mol. The minimum atomic E-state index is -3.59. The summed E-state index contributed by atoms with van der Waals surface area (Å²) in [4.78, 5) is 12.9. The van der Waals surface area contributed by atoms with Crippen LogP contribution in [0.2, 0.25) is 0 Å². The van der Waals surface area contributed by atoms with Gasteiger partial charge in [0.1, 0.15) is 5.75 Å². The highest BCUT2D eigenvalue weighted by molar-refractivity contribution is 8.00. The Bertz CT molecular complexity index is 1230. The normalized spacial score (nSPS) is 15.6. The maximum absolute atomic E-state index is 12.7. The molecule has 1 amide bonds. The van der Waals surface area contributed by atoms with Gasteiger partial charge in [0.05, 0.1) is 36.2 Å². The van der Waals surface area contributed by atoms with Gasteiger partial charge in [-0.2, -0.15) is 8.99 Å². The summed E-state index contributed by atoms with van der Waals surface area (Å²) in [5, 5.41) is 14.5. The molecule has 1 N–H and O–H groups in total. The van der Waals surface area contributed by atoms with Crippen molar-refractivity contribution in [2.45, 2.75) is 22.2 Å². The van der Waals surface area contributed by atoms with Crippen LogP contribution in [0, 0.1) is 0 Å². The molecule has 1 saturated heterocycles. The third kappa shape index (κ3) is 5.38. The number of tetrazole rings is 1. The van der Waals surface area contributed by atoms with E-state index in [-0.39, 0.29) is 10.8 Å². The van der Waals surface area contributed by atoms with E-state index < -0.39 is 15.3 Å². The van der Waals surface area contributed by atoms with Crippen molar-refractivity contribution in [1.82, 2.24) is 24.5 Å². The molecule has 34 heavy (non-hydrogen) atoms. The van der Waals surface area contributed by atoms with Gasteiger partial charge in [-0.3, -0.25) is 4.79 Å². The number of carbonyl (C=O) groups is 1. The molecule has 180 valence electrons. The number of thioether (sulfide) groups is 1. The number of carbonyl (C=O) groups excluding carboxylic acids is 1. The van der Waals surface area contributed by atoms with Crippen LogP contribution in [0.25, 0.3) is 5.69 Å². The number of hydrogen-bond acceptors (Lipinski definition) is 9. The largest absolute Gasteiger partial charge is 0.497 e.